The van der Waals surface area contributed by atoms with Gasteiger partial charge < -0.3 is 4.74 Å². The monoisotopic (exact) mass is 373 g/mol. The van der Waals surface area contributed by atoms with Crippen molar-refractivity contribution in [3.63, 3.8) is 0 Å². The lowest BCUT2D eigenvalue weighted by Crippen LogP contribution is -2.40. The summed E-state index contributed by atoms with van der Waals surface area (Å²) in [6, 6.07) is 3.46. The van der Waals surface area contributed by atoms with Gasteiger partial charge in [0.05, 0.1) is 17.9 Å². The molecular formula is C15H11ClF3N3O3. The van der Waals surface area contributed by atoms with E-state index in [9.17, 15) is 22.8 Å². The molecule has 132 valence electrons. The first-order valence-electron chi connectivity index (χ1n) is 6.90. The van der Waals surface area contributed by atoms with Crippen LogP contribution >= 0.6 is 11.6 Å². The van der Waals surface area contributed by atoms with E-state index in [2.05, 4.69) is 0 Å². The van der Waals surface area contributed by atoms with Gasteiger partial charge >= 0.3 is 5.69 Å². The van der Waals surface area contributed by atoms with E-state index >= 15 is 0 Å². The number of alkyl halides is 2. The predicted molar refractivity (Wildman–Crippen MR) is 83.1 cm³/mol. The summed E-state index contributed by atoms with van der Waals surface area (Å²) < 4.78 is 46.3. The first kappa shape index (κ1) is 18.6. The Hall–Kier alpha value is -2.73. The lowest BCUT2D eigenvalue weighted by atomic mass is 10.2. The van der Waals surface area contributed by atoms with Crippen LogP contribution in [0, 0.1) is 17.1 Å². The Morgan fingerprint density at radius 1 is 1.36 bits per heavy atom. The predicted octanol–water partition coefficient (Wildman–Crippen LogP) is 2.54. The molecule has 10 heteroatoms. The van der Waals surface area contributed by atoms with Gasteiger partial charge in [-0.1, -0.05) is 11.6 Å². The molecule has 0 saturated heterocycles. The molecule has 0 amide bonds. The summed E-state index contributed by atoms with van der Waals surface area (Å²) in [5.41, 5.74) is -4.19. The molecule has 0 fully saturated rings. The summed E-state index contributed by atoms with van der Waals surface area (Å²) in [5, 5.41) is 8.09. The molecule has 1 heterocycles. The minimum atomic E-state index is -3.17. The van der Waals surface area contributed by atoms with Crippen LogP contribution in [0.2, 0.25) is 5.02 Å². The van der Waals surface area contributed by atoms with E-state index in [1.165, 1.54) is 0 Å². The molecular weight excluding hydrogens is 363 g/mol. The Balaban J connectivity index is 2.89. The molecule has 0 spiro atoms. The summed E-state index contributed by atoms with van der Waals surface area (Å²) in [6.07, 6.45) is -3.17. The average molecular weight is 374 g/mol. The zero-order chi connectivity index (χ0) is 18.9. The normalized spacial score (nSPS) is 10.8. The van der Waals surface area contributed by atoms with Crippen molar-refractivity contribution in [2.24, 2.45) is 7.05 Å². The van der Waals surface area contributed by atoms with Gasteiger partial charge in [0.15, 0.2) is 0 Å². The van der Waals surface area contributed by atoms with Crippen LogP contribution in [0.4, 0.5) is 13.2 Å². The molecule has 0 saturated carbocycles. The second-order valence-electron chi connectivity index (χ2n) is 4.83. The van der Waals surface area contributed by atoms with Gasteiger partial charge in [-0.15, -0.1) is 0 Å². The van der Waals surface area contributed by atoms with Crippen molar-refractivity contribution in [1.82, 2.24) is 9.13 Å². The third kappa shape index (κ3) is 3.13. The molecule has 6 nitrogen and oxygen atoms in total. The third-order valence-electron chi connectivity index (χ3n) is 3.37. The summed E-state index contributed by atoms with van der Waals surface area (Å²) in [5.74, 6) is -1.15. The Kier molecular flexibility index (Phi) is 5.23. The number of nitrogens with zero attached hydrogens (tertiary/aromatic N) is 3. The molecule has 25 heavy (non-hydrogen) atoms. The molecule has 0 atom stereocenters. The molecule has 1 aromatic carbocycles. The molecule has 0 bridgehead atoms. The highest BCUT2D eigenvalue weighted by Crippen LogP contribution is 2.26. The fourth-order valence-electron chi connectivity index (χ4n) is 2.23. The minimum absolute atomic E-state index is 0.0654. The van der Waals surface area contributed by atoms with E-state index in [0.29, 0.717) is 9.13 Å². The van der Waals surface area contributed by atoms with E-state index in [1.807, 2.05) is 0 Å². The van der Waals surface area contributed by atoms with Gasteiger partial charge in [0.2, 0.25) is 0 Å². The molecule has 0 unspecified atom stereocenters. The van der Waals surface area contributed by atoms with Crippen molar-refractivity contribution in [2.45, 2.75) is 13.3 Å². The summed E-state index contributed by atoms with van der Waals surface area (Å²) in [6.45, 7) is 1.75. The molecule has 0 aliphatic heterocycles. The van der Waals surface area contributed by atoms with Crippen LogP contribution in [-0.2, 0) is 7.05 Å². The molecule has 0 aliphatic carbocycles. The number of aromatic nitrogens is 2. The van der Waals surface area contributed by atoms with Crippen molar-refractivity contribution >= 4 is 11.6 Å². The number of nitriles is 1. The van der Waals surface area contributed by atoms with Crippen LogP contribution in [0.5, 0.6) is 5.75 Å². The molecule has 2 aromatic rings. The van der Waals surface area contributed by atoms with E-state index in [4.69, 9.17) is 21.6 Å². The highest BCUT2D eigenvalue weighted by Gasteiger charge is 2.25. The van der Waals surface area contributed by atoms with E-state index in [-0.39, 0.29) is 17.9 Å². The molecule has 0 radical (unpaired) electrons. The van der Waals surface area contributed by atoms with Gasteiger partial charge in [0.25, 0.3) is 12.0 Å². The van der Waals surface area contributed by atoms with Gasteiger partial charge in [0, 0.05) is 13.1 Å². The number of ether oxygens (including phenoxy) is 1. The van der Waals surface area contributed by atoms with E-state index < -0.39 is 39.9 Å². The number of halogens is 4. The maximum Gasteiger partial charge on any atom is 0.335 e. The third-order valence-corrected chi connectivity index (χ3v) is 3.73. The fourth-order valence-corrected chi connectivity index (χ4v) is 2.52. The van der Waals surface area contributed by atoms with E-state index in [1.54, 1.807) is 13.0 Å². The molecule has 0 aliphatic rings. The molecule has 2 rings (SSSR count). The second kappa shape index (κ2) is 7.03. The first-order chi connectivity index (χ1) is 11.7. The largest absolute Gasteiger partial charge is 0.492 e. The minimum Gasteiger partial charge on any atom is -0.492 e. The van der Waals surface area contributed by atoms with Crippen molar-refractivity contribution in [3.8, 4) is 17.5 Å². The van der Waals surface area contributed by atoms with E-state index in [0.717, 1.165) is 19.2 Å². The van der Waals surface area contributed by atoms with Crippen molar-refractivity contribution in [3.05, 3.63) is 55.1 Å². The van der Waals surface area contributed by atoms with Crippen LogP contribution < -0.4 is 16.0 Å². The zero-order valence-electron chi connectivity index (χ0n) is 13.0. The lowest BCUT2D eigenvalue weighted by molar-refractivity contribution is 0.140. The number of benzene rings is 1. The fraction of sp³-hybridized carbons (Fsp3) is 0.267. The van der Waals surface area contributed by atoms with Crippen molar-refractivity contribution in [1.29, 1.82) is 5.26 Å². The highest BCUT2D eigenvalue weighted by atomic mass is 35.5. The standard InChI is InChI=1S/C15H11ClF3N3O3/c1-3-25-10-5-9(8(17)4-7(10)6-20)22-14(23)11(16)12(13(18)19)21(2)15(22)24/h4-5,13H,3H2,1-2H3. The maximum absolute atomic E-state index is 14.3. The van der Waals surface area contributed by atoms with Gasteiger partial charge in [-0.2, -0.15) is 5.26 Å². The summed E-state index contributed by atoms with van der Waals surface area (Å²) in [7, 11) is 0.983. The van der Waals surface area contributed by atoms with Crippen LogP contribution in [0.25, 0.3) is 5.69 Å². The average Bonchev–Trinajstić information content (AvgIpc) is 2.55. The summed E-state index contributed by atoms with van der Waals surface area (Å²) >= 11 is 5.65. The SMILES string of the molecule is CCOc1cc(-n2c(=O)c(Cl)c(C(F)F)n(C)c2=O)c(F)cc1C#N. The van der Waals surface area contributed by atoms with Crippen LogP contribution in [0.15, 0.2) is 21.7 Å². The van der Waals surface area contributed by atoms with Gasteiger partial charge in [-0.3, -0.25) is 9.36 Å². The Morgan fingerprint density at radius 3 is 2.52 bits per heavy atom. The Morgan fingerprint density at radius 2 is 2.00 bits per heavy atom. The molecule has 0 N–H and O–H groups in total. The zero-order valence-corrected chi connectivity index (χ0v) is 13.8. The van der Waals surface area contributed by atoms with Crippen LogP contribution in [0.1, 0.15) is 24.6 Å². The van der Waals surface area contributed by atoms with Crippen LogP contribution in [-0.4, -0.2) is 15.7 Å². The maximum atomic E-state index is 14.3. The number of rotatable bonds is 4. The number of hydrogen-bond donors (Lipinski definition) is 0. The van der Waals surface area contributed by atoms with Gasteiger partial charge in [-0.25, -0.2) is 22.5 Å². The Bertz CT molecular complexity index is 955. The topological polar surface area (TPSA) is 77.0 Å². The quantitative estimate of drug-likeness (QED) is 0.825. The first-order valence-corrected chi connectivity index (χ1v) is 7.28. The van der Waals surface area contributed by atoms with Crippen molar-refractivity contribution in [2.75, 3.05) is 6.61 Å². The Labute approximate surface area is 144 Å². The smallest absolute Gasteiger partial charge is 0.335 e. The van der Waals surface area contributed by atoms with Crippen LogP contribution in [0.3, 0.4) is 0 Å². The van der Waals surface area contributed by atoms with Gasteiger partial charge in [-0.05, 0) is 13.0 Å². The highest BCUT2D eigenvalue weighted by molar-refractivity contribution is 6.31. The summed E-state index contributed by atoms with van der Waals surface area (Å²) in [4.78, 5) is 24.6. The lowest BCUT2D eigenvalue weighted by Gasteiger charge is -2.15. The second-order valence-corrected chi connectivity index (χ2v) is 5.20. The van der Waals surface area contributed by atoms with Crippen molar-refractivity contribution < 1.29 is 17.9 Å². The number of hydrogen-bond acceptors (Lipinski definition) is 4. The van der Waals surface area contributed by atoms with Gasteiger partial charge in [0.1, 0.15) is 28.4 Å². The molecule has 1 aromatic heterocycles.